The molecule has 1 heterocycles. The maximum atomic E-state index is 12.0. The van der Waals surface area contributed by atoms with Crippen LogP contribution in [0.5, 0.6) is 0 Å². The molecule has 1 aliphatic rings. The molecule has 1 nitrogen and oxygen atoms in total. The van der Waals surface area contributed by atoms with Crippen LogP contribution < -0.4 is 0 Å². The molecule has 2 rings (SSSR count). The zero-order valence-electron chi connectivity index (χ0n) is 8.13. The van der Waals surface area contributed by atoms with Crippen LogP contribution in [0.4, 0.5) is 0 Å². The molecule has 0 radical (unpaired) electrons. The van der Waals surface area contributed by atoms with E-state index < -0.39 is 0 Å². The first-order chi connectivity index (χ1) is 6.50. The van der Waals surface area contributed by atoms with Gasteiger partial charge in [0.1, 0.15) is 0 Å². The molecule has 0 aliphatic carbocycles. The molecule has 0 bridgehead atoms. The lowest BCUT2D eigenvalue weighted by atomic mass is 9.96. The molecule has 0 saturated carbocycles. The van der Waals surface area contributed by atoms with E-state index in [0.717, 1.165) is 21.4 Å². The molecule has 1 aromatic carbocycles. The number of Topliss-reactive ketones (excluding diaryl/α,β-unsaturated/α-hetero) is 1. The van der Waals surface area contributed by atoms with Crippen LogP contribution in [0, 0.1) is 0 Å². The first kappa shape index (κ1) is 10.2. The third-order valence-corrected chi connectivity index (χ3v) is 4.31. The zero-order chi connectivity index (χ0) is 10.3. The molecular weight excluding hydrogens is 260 g/mol. The summed E-state index contributed by atoms with van der Waals surface area (Å²) in [5, 5.41) is 0. The highest BCUT2D eigenvalue weighted by molar-refractivity contribution is 9.10. The maximum Gasteiger partial charge on any atom is 0.178 e. The van der Waals surface area contributed by atoms with Crippen molar-refractivity contribution in [1.82, 2.24) is 0 Å². The molecule has 1 aromatic rings. The van der Waals surface area contributed by atoms with Crippen molar-refractivity contribution in [3.05, 3.63) is 33.8 Å². The van der Waals surface area contributed by atoms with Crippen molar-refractivity contribution < 1.29 is 4.79 Å². The van der Waals surface area contributed by atoms with Gasteiger partial charge in [0, 0.05) is 15.8 Å². The molecule has 1 aliphatic heterocycles. The van der Waals surface area contributed by atoms with Crippen LogP contribution >= 0.6 is 27.7 Å². The highest BCUT2D eigenvalue weighted by Gasteiger charge is 2.34. The molecule has 74 valence electrons. The van der Waals surface area contributed by atoms with Crippen molar-refractivity contribution in [2.75, 3.05) is 0 Å². The lowest BCUT2D eigenvalue weighted by Crippen LogP contribution is -2.32. The number of fused-ring (bicyclic) bond motifs is 1. The predicted octanol–water partition coefficient (Wildman–Crippen LogP) is 3.66. The van der Waals surface area contributed by atoms with E-state index in [1.165, 1.54) is 0 Å². The van der Waals surface area contributed by atoms with Crippen LogP contribution in [0.1, 0.15) is 29.8 Å². The van der Waals surface area contributed by atoms with Crippen LogP contribution in [0.15, 0.2) is 22.7 Å². The monoisotopic (exact) mass is 270 g/mol. The summed E-state index contributed by atoms with van der Waals surface area (Å²) < 4.78 is 0.709. The fourth-order valence-corrected chi connectivity index (χ4v) is 2.90. The lowest BCUT2D eigenvalue weighted by molar-refractivity contribution is 0.0955. The van der Waals surface area contributed by atoms with Gasteiger partial charge < -0.3 is 0 Å². The Morgan fingerprint density at radius 3 is 2.86 bits per heavy atom. The maximum absolute atomic E-state index is 12.0. The number of ketones is 1. The third-order valence-electron chi connectivity index (χ3n) is 2.45. The Kier molecular flexibility index (Phi) is 2.48. The summed E-state index contributed by atoms with van der Waals surface area (Å²) in [4.78, 5) is 12.0. The third kappa shape index (κ3) is 1.63. The summed E-state index contributed by atoms with van der Waals surface area (Å²) in [6.07, 6.45) is 0. The average Bonchev–Trinajstić information content (AvgIpc) is 2.13. The summed E-state index contributed by atoms with van der Waals surface area (Å²) in [5.74, 6) is 1.17. The highest BCUT2D eigenvalue weighted by atomic mass is 79.9. The van der Waals surface area contributed by atoms with Crippen molar-refractivity contribution in [2.45, 2.75) is 24.3 Å². The molecule has 0 fully saturated rings. The number of halogens is 1. The van der Waals surface area contributed by atoms with E-state index in [1.54, 1.807) is 11.8 Å². The quantitative estimate of drug-likeness (QED) is 0.716. The van der Waals surface area contributed by atoms with Gasteiger partial charge in [0.25, 0.3) is 0 Å². The van der Waals surface area contributed by atoms with Crippen LogP contribution in [-0.2, 0) is 5.75 Å². The number of hydrogen-bond donors (Lipinski definition) is 0. The Morgan fingerprint density at radius 2 is 2.14 bits per heavy atom. The van der Waals surface area contributed by atoms with Crippen LogP contribution in [0.3, 0.4) is 0 Å². The van der Waals surface area contributed by atoms with Gasteiger partial charge in [-0.25, -0.2) is 0 Å². The Morgan fingerprint density at radius 1 is 1.43 bits per heavy atom. The minimum absolute atomic E-state index is 0.241. The largest absolute Gasteiger partial charge is 0.293 e. The molecule has 0 aromatic heterocycles. The number of thioether (sulfide) groups is 1. The molecule has 0 N–H and O–H groups in total. The molecule has 0 atom stereocenters. The highest BCUT2D eigenvalue weighted by Crippen LogP contribution is 2.38. The van der Waals surface area contributed by atoms with Crippen molar-refractivity contribution in [3.8, 4) is 0 Å². The molecule has 14 heavy (non-hydrogen) atoms. The number of hydrogen-bond acceptors (Lipinski definition) is 2. The minimum atomic E-state index is -0.270. The fourth-order valence-electron chi connectivity index (χ4n) is 1.53. The first-order valence-electron chi connectivity index (χ1n) is 4.48. The first-order valence-corrected chi connectivity index (χ1v) is 6.26. The Balaban J connectivity index is 2.54. The molecule has 0 saturated heterocycles. The summed E-state index contributed by atoms with van der Waals surface area (Å²) in [5.41, 5.74) is 2.03. The van der Waals surface area contributed by atoms with Gasteiger partial charge in [-0.1, -0.05) is 22.0 Å². The molecule has 3 heteroatoms. The number of benzene rings is 1. The van der Waals surface area contributed by atoms with Gasteiger partial charge in [-0.05, 0) is 31.5 Å². The normalized spacial score (nSPS) is 19.2. The van der Waals surface area contributed by atoms with E-state index in [2.05, 4.69) is 15.9 Å². The Bertz CT molecular complexity index is 398. The van der Waals surface area contributed by atoms with Gasteiger partial charge >= 0.3 is 0 Å². The van der Waals surface area contributed by atoms with Crippen LogP contribution in [-0.4, -0.2) is 10.5 Å². The van der Waals surface area contributed by atoms with E-state index >= 15 is 0 Å². The van der Waals surface area contributed by atoms with Gasteiger partial charge in [-0.3, -0.25) is 4.79 Å². The molecule has 0 unspecified atom stereocenters. The van der Waals surface area contributed by atoms with Crippen molar-refractivity contribution >= 4 is 33.5 Å². The number of rotatable bonds is 0. The van der Waals surface area contributed by atoms with Gasteiger partial charge in [0.15, 0.2) is 5.78 Å². The van der Waals surface area contributed by atoms with Crippen LogP contribution in [0.2, 0.25) is 0 Å². The summed E-state index contributed by atoms with van der Waals surface area (Å²) in [7, 11) is 0. The second-order valence-corrected chi connectivity index (χ2v) is 6.44. The lowest BCUT2D eigenvalue weighted by Gasteiger charge is -2.29. The van der Waals surface area contributed by atoms with Crippen molar-refractivity contribution in [1.29, 1.82) is 0 Å². The van der Waals surface area contributed by atoms with Gasteiger partial charge in [0.05, 0.1) is 4.75 Å². The topological polar surface area (TPSA) is 17.1 Å². The number of carbonyl (C=O) groups is 1. The fraction of sp³-hybridized carbons (Fsp3) is 0.364. The van der Waals surface area contributed by atoms with Gasteiger partial charge in [-0.2, -0.15) is 0 Å². The van der Waals surface area contributed by atoms with Gasteiger partial charge in [-0.15, -0.1) is 11.8 Å². The summed E-state index contributed by atoms with van der Waals surface area (Å²) in [6, 6.07) is 5.95. The van der Waals surface area contributed by atoms with E-state index in [1.807, 2.05) is 32.0 Å². The van der Waals surface area contributed by atoms with E-state index in [4.69, 9.17) is 0 Å². The minimum Gasteiger partial charge on any atom is -0.293 e. The molecule has 0 amide bonds. The zero-order valence-corrected chi connectivity index (χ0v) is 10.5. The van der Waals surface area contributed by atoms with E-state index in [9.17, 15) is 4.79 Å². The Labute approximate surface area is 96.4 Å². The van der Waals surface area contributed by atoms with Crippen LogP contribution in [0.25, 0.3) is 0 Å². The second-order valence-electron chi connectivity index (χ2n) is 3.93. The average molecular weight is 271 g/mol. The SMILES string of the molecule is CC1(C)SCc2ccc(Br)cc2C1=O. The van der Waals surface area contributed by atoms with Crippen molar-refractivity contribution in [3.63, 3.8) is 0 Å². The number of carbonyl (C=O) groups excluding carboxylic acids is 1. The van der Waals surface area contributed by atoms with E-state index in [0.29, 0.717) is 0 Å². The summed E-state index contributed by atoms with van der Waals surface area (Å²) >= 11 is 5.11. The predicted molar refractivity (Wildman–Crippen MR) is 63.8 cm³/mol. The summed E-state index contributed by atoms with van der Waals surface area (Å²) in [6.45, 7) is 3.98. The second kappa shape index (κ2) is 3.38. The van der Waals surface area contributed by atoms with Gasteiger partial charge in [0.2, 0.25) is 0 Å². The molecule has 0 spiro atoms. The standard InChI is InChI=1S/C11H11BrOS/c1-11(2)10(13)9-5-8(12)4-3-7(9)6-14-11/h3-5H,6H2,1-2H3. The van der Waals surface area contributed by atoms with Crippen molar-refractivity contribution in [2.24, 2.45) is 0 Å². The smallest absolute Gasteiger partial charge is 0.178 e. The Hall–Kier alpha value is -0.280. The van der Waals surface area contributed by atoms with E-state index in [-0.39, 0.29) is 10.5 Å². The molecular formula is C11H11BrOS.